The van der Waals surface area contributed by atoms with Crippen molar-refractivity contribution >= 4 is 45.6 Å². The lowest BCUT2D eigenvalue weighted by Gasteiger charge is -2.34. The molecule has 1 aromatic heterocycles. The number of rotatable bonds is 6. The van der Waals surface area contributed by atoms with Crippen LogP contribution in [0.3, 0.4) is 0 Å². The van der Waals surface area contributed by atoms with Crippen molar-refractivity contribution in [2.45, 2.75) is 0 Å². The van der Waals surface area contributed by atoms with Crippen LogP contribution < -0.4 is 21.3 Å². The molecule has 3 aromatic carbocycles. The molecule has 1 aliphatic rings. The monoisotopic (exact) mass is 479 g/mol. The number of carbonyl (C=O) groups is 1. The Hall–Kier alpha value is -4.43. The van der Waals surface area contributed by atoms with E-state index in [1.165, 1.54) is 11.8 Å². The van der Waals surface area contributed by atoms with Gasteiger partial charge in [-0.25, -0.2) is 4.98 Å². The molecule has 1 saturated heterocycles. The Morgan fingerprint density at radius 2 is 1.72 bits per heavy atom. The Kier molecular flexibility index (Phi) is 6.51. The third-order valence-corrected chi connectivity index (χ3v) is 6.37. The minimum atomic E-state index is -0.262. The first-order chi connectivity index (χ1) is 17.5. The van der Waals surface area contributed by atoms with E-state index >= 15 is 0 Å². The lowest BCUT2D eigenvalue weighted by molar-refractivity contribution is -0.111. The molecule has 1 fully saturated rings. The van der Waals surface area contributed by atoms with Gasteiger partial charge in [-0.1, -0.05) is 30.8 Å². The molecule has 0 atom stereocenters. The quantitative estimate of drug-likeness (QED) is 0.350. The zero-order valence-corrected chi connectivity index (χ0v) is 20.2. The van der Waals surface area contributed by atoms with Gasteiger partial charge in [-0.05, 0) is 61.2 Å². The molecule has 1 aliphatic heterocycles. The summed E-state index contributed by atoms with van der Waals surface area (Å²) in [5.41, 5.74) is 11.6. The fraction of sp³-hybridized carbons (Fsp3) is 0.179. The molecule has 36 heavy (non-hydrogen) atoms. The van der Waals surface area contributed by atoms with E-state index in [9.17, 15) is 4.79 Å². The van der Waals surface area contributed by atoms with E-state index in [0.717, 1.165) is 53.9 Å². The van der Waals surface area contributed by atoms with Crippen LogP contribution in [0.2, 0.25) is 0 Å². The minimum Gasteiger partial charge on any atom is -0.383 e. The van der Waals surface area contributed by atoms with Gasteiger partial charge in [-0.15, -0.1) is 0 Å². The number of fused-ring (bicyclic) bond motifs is 1. The standard InChI is InChI=1S/C28H29N7O/c1-3-25(36)30-21-7-4-6-19(18-21)23-8-5-9-24-26(23)32-28(33-27(24)29)31-20-10-12-22(13-11-20)35-16-14-34(2)15-17-35/h3-13,18H,1,14-17H2,2H3,(H,30,36)(H3,29,31,32,33). The van der Waals surface area contributed by atoms with Crippen LogP contribution in [0.4, 0.5) is 28.8 Å². The van der Waals surface area contributed by atoms with Crippen LogP contribution in [0.25, 0.3) is 22.0 Å². The van der Waals surface area contributed by atoms with Gasteiger partial charge in [0.25, 0.3) is 0 Å². The summed E-state index contributed by atoms with van der Waals surface area (Å²) in [6, 6.07) is 21.7. The van der Waals surface area contributed by atoms with Crippen molar-refractivity contribution < 1.29 is 4.79 Å². The van der Waals surface area contributed by atoms with Gasteiger partial charge in [0.1, 0.15) is 5.82 Å². The van der Waals surface area contributed by atoms with E-state index in [0.29, 0.717) is 17.5 Å². The van der Waals surface area contributed by atoms with Crippen LogP contribution in [0.1, 0.15) is 0 Å². The smallest absolute Gasteiger partial charge is 0.247 e. The number of nitrogens with one attached hydrogen (secondary N) is 2. The lowest BCUT2D eigenvalue weighted by atomic mass is 10.0. The number of para-hydroxylation sites is 1. The molecule has 2 heterocycles. The van der Waals surface area contributed by atoms with Crippen molar-refractivity contribution in [1.82, 2.24) is 14.9 Å². The average molecular weight is 480 g/mol. The fourth-order valence-corrected chi connectivity index (χ4v) is 4.37. The molecule has 182 valence electrons. The average Bonchev–Trinajstić information content (AvgIpc) is 2.89. The van der Waals surface area contributed by atoms with Crippen LogP contribution in [0.5, 0.6) is 0 Å². The van der Waals surface area contributed by atoms with Crippen LogP contribution in [-0.4, -0.2) is 54.0 Å². The number of aromatic nitrogens is 2. The van der Waals surface area contributed by atoms with Crippen LogP contribution in [0, 0.1) is 0 Å². The molecule has 0 unspecified atom stereocenters. The molecule has 0 saturated carbocycles. The molecule has 0 bridgehead atoms. The summed E-state index contributed by atoms with van der Waals surface area (Å²) in [5.74, 6) is 0.562. The van der Waals surface area contributed by atoms with Crippen molar-refractivity contribution in [3.63, 3.8) is 0 Å². The normalized spacial score (nSPS) is 14.0. The summed E-state index contributed by atoms with van der Waals surface area (Å²) in [6.45, 7) is 7.69. The first-order valence-corrected chi connectivity index (χ1v) is 11.9. The third-order valence-electron chi connectivity index (χ3n) is 6.37. The number of anilines is 5. The zero-order chi connectivity index (χ0) is 25.1. The molecule has 0 aliphatic carbocycles. The van der Waals surface area contributed by atoms with Gasteiger partial charge in [0.2, 0.25) is 11.9 Å². The highest BCUT2D eigenvalue weighted by molar-refractivity contribution is 6.01. The van der Waals surface area contributed by atoms with Crippen molar-refractivity contribution in [2.75, 3.05) is 54.5 Å². The second kappa shape index (κ2) is 10.1. The number of nitrogen functional groups attached to an aromatic ring is 1. The number of nitrogens with zero attached hydrogens (tertiary/aromatic N) is 4. The van der Waals surface area contributed by atoms with E-state index < -0.39 is 0 Å². The highest BCUT2D eigenvalue weighted by Crippen LogP contribution is 2.32. The maximum Gasteiger partial charge on any atom is 0.247 e. The largest absolute Gasteiger partial charge is 0.383 e. The number of hydrogen-bond acceptors (Lipinski definition) is 7. The Morgan fingerprint density at radius 1 is 0.972 bits per heavy atom. The summed E-state index contributed by atoms with van der Waals surface area (Å²) in [6.07, 6.45) is 1.24. The highest BCUT2D eigenvalue weighted by Gasteiger charge is 2.15. The first kappa shape index (κ1) is 23.3. The number of likely N-dealkylation sites (N-methyl/N-ethyl adjacent to an activating group) is 1. The van der Waals surface area contributed by atoms with E-state index in [4.69, 9.17) is 10.7 Å². The van der Waals surface area contributed by atoms with Crippen molar-refractivity contribution in [2.24, 2.45) is 0 Å². The fourth-order valence-electron chi connectivity index (χ4n) is 4.37. The molecule has 5 rings (SSSR count). The number of nitrogens with two attached hydrogens (primary N) is 1. The van der Waals surface area contributed by atoms with Crippen LogP contribution >= 0.6 is 0 Å². The number of hydrogen-bond donors (Lipinski definition) is 3. The SMILES string of the molecule is C=CC(=O)Nc1cccc(-c2cccc3c(N)nc(Nc4ccc(N5CCN(C)CC5)cc4)nc23)c1. The minimum absolute atomic E-state index is 0.262. The van der Waals surface area contributed by atoms with E-state index in [1.807, 2.05) is 54.6 Å². The first-order valence-electron chi connectivity index (χ1n) is 11.9. The number of benzene rings is 3. The topological polar surface area (TPSA) is 99.4 Å². The summed E-state index contributed by atoms with van der Waals surface area (Å²) >= 11 is 0. The number of piperazine rings is 1. The van der Waals surface area contributed by atoms with Gasteiger partial charge in [-0.2, -0.15) is 4.98 Å². The predicted octanol–water partition coefficient (Wildman–Crippen LogP) is 4.50. The maximum absolute atomic E-state index is 11.7. The molecule has 0 spiro atoms. The Bertz CT molecular complexity index is 1410. The molecule has 4 aromatic rings. The van der Waals surface area contributed by atoms with Crippen molar-refractivity contribution in [1.29, 1.82) is 0 Å². The Balaban J connectivity index is 1.43. The summed E-state index contributed by atoms with van der Waals surface area (Å²) in [4.78, 5) is 25.8. The molecule has 8 nitrogen and oxygen atoms in total. The second-order valence-electron chi connectivity index (χ2n) is 8.87. The lowest BCUT2D eigenvalue weighted by Crippen LogP contribution is -2.44. The van der Waals surface area contributed by atoms with Gasteiger partial charge in [0.15, 0.2) is 0 Å². The number of amides is 1. The summed E-state index contributed by atoms with van der Waals surface area (Å²) in [7, 11) is 2.16. The molecular formula is C28H29N7O. The van der Waals surface area contributed by atoms with Gasteiger partial charge >= 0.3 is 0 Å². The van der Waals surface area contributed by atoms with Gasteiger partial charge in [0.05, 0.1) is 5.52 Å². The van der Waals surface area contributed by atoms with Crippen LogP contribution in [-0.2, 0) is 4.79 Å². The molecule has 0 radical (unpaired) electrons. The van der Waals surface area contributed by atoms with Gasteiger partial charge in [0, 0.05) is 54.2 Å². The summed E-state index contributed by atoms with van der Waals surface area (Å²) in [5, 5.41) is 6.87. The Morgan fingerprint density at radius 3 is 2.47 bits per heavy atom. The van der Waals surface area contributed by atoms with E-state index in [-0.39, 0.29) is 5.91 Å². The Labute approximate surface area is 210 Å². The van der Waals surface area contributed by atoms with E-state index in [1.54, 1.807) is 0 Å². The third kappa shape index (κ3) is 4.99. The zero-order valence-electron chi connectivity index (χ0n) is 20.2. The summed E-state index contributed by atoms with van der Waals surface area (Å²) < 4.78 is 0. The van der Waals surface area contributed by atoms with Crippen LogP contribution in [0.15, 0.2) is 79.4 Å². The number of carbonyl (C=O) groups excluding carboxylic acids is 1. The maximum atomic E-state index is 11.7. The molecule has 1 amide bonds. The molecular weight excluding hydrogens is 450 g/mol. The molecule has 8 heteroatoms. The van der Waals surface area contributed by atoms with Gasteiger partial charge in [-0.3, -0.25) is 4.79 Å². The van der Waals surface area contributed by atoms with Crippen molar-refractivity contribution in [3.8, 4) is 11.1 Å². The second-order valence-corrected chi connectivity index (χ2v) is 8.87. The van der Waals surface area contributed by atoms with E-state index in [2.05, 4.69) is 51.2 Å². The van der Waals surface area contributed by atoms with Gasteiger partial charge < -0.3 is 26.2 Å². The van der Waals surface area contributed by atoms with Crippen molar-refractivity contribution in [3.05, 3.63) is 79.4 Å². The molecule has 4 N–H and O–H groups in total. The predicted molar refractivity (Wildman–Crippen MR) is 148 cm³/mol. The highest BCUT2D eigenvalue weighted by atomic mass is 16.1.